The van der Waals surface area contributed by atoms with Crippen molar-refractivity contribution in [2.24, 2.45) is 5.41 Å². The zero-order valence-corrected chi connectivity index (χ0v) is 9.34. The van der Waals surface area contributed by atoms with Crippen LogP contribution in [0.3, 0.4) is 0 Å². The average molecular weight is 224 g/mol. The van der Waals surface area contributed by atoms with Crippen LogP contribution in [-0.2, 0) is 9.59 Å². The SMILES string of the molecule is C=CCCC1(CCC)C(=O)NC(=O)NC1=O. The van der Waals surface area contributed by atoms with Crippen molar-refractivity contribution in [1.29, 1.82) is 0 Å². The Morgan fingerprint density at radius 2 is 1.75 bits per heavy atom. The van der Waals surface area contributed by atoms with Crippen LogP contribution in [0.2, 0.25) is 0 Å². The Morgan fingerprint density at radius 1 is 1.19 bits per heavy atom. The highest BCUT2D eigenvalue weighted by atomic mass is 16.2. The van der Waals surface area contributed by atoms with Gasteiger partial charge in [0.25, 0.3) is 0 Å². The third-order valence-corrected chi connectivity index (χ3v) is 2.78. The first kappa shape index (κ1) is 12.4. The van der Waals surface area contributed by atoms with E-state index >= 15 is 0 Å². The molecule has 0 aromatic rings. The van der Waals surface area contributed by atoms with Crippen molar-refractivity contribution in [1.82, 2.24) is 10.6 Å². The number of urea groups is 1. The molecule has 5 nitrogen and oxygen atoms in total. The van der Waals surface area contributed by atoms with Crippen LogP contribution in [0.1, 0.15) is 32.6 Å². The number of hydrogen-bond acceptors (Lipinski definition) is 3. The van der Waals surface area contributed by atoms with Gasteiger partial charge in [0.1, 0.15) is 5.41 Å². The van der Waals surface area contributed by atoms with Gasteiger partial charge in [0.05, 0.1) is 0 Å². The van der Waals surface area contributed by atoms with Crippen molar-refractivity contribution in [2.45, 2.75) is 32.6 Å². The Balaban J connectivity index is 2.96. The average Bonchev–Trinajstić information content (AvgIpc) is 2.22. The zero-order valence-electron chi connectivity index (χ0n) is 9.34. The maximum atomic E-state index is 11.8. The lowest BCUT2D eigenvalue weighted by Gasteiger charge is -2.33. The molecule has 0 unspecified atom stereocenters. The van der Waals surface area contributed by atoms with E-state index in [2.05, 4.69) is 17.2 Å². The normalized spacial score (nSPS) is 18.9. The second-order valence-electron chi connectivity index (χ2n) is 3.90. The van der Waals surface area contributed by atoms with Crippen molar-refractivity contribution in [3.8, 4) is 0 Å². The van der Waals surface area contributed by atoms with Gasteiger partial charge in [-0.2, -0.15) is 0 Å². The van der Waals surface area contributed by atoms with Crippen LogP contribution in [-0.4, -0.2) is 17.8 Å². The topological polar surface area (TPSA) is 75.3 Å². The predicted octanol–water partition coefficient (Wildman–Crippen LogP) is 1.11. The molecule has 0 atom stereocenters. The van der Waals surface area contributed by atoms with Gasteiger partial charge < -0.3 is 0 Å². The lowest BCUT2D eigenvalue weighted by molar-refractivity contribution is -0.145. The fourth-order valence-corrected chi connectivity index (χ4v) is 1.93. The van der Waals surface area contributed by atoms with Gasteiger partial charge in [-0.25, -0.2) is 4.79 Å². The summed E-state index contributed by atoms with van der Waals surface area (Å²) in [4.78, 5) is 34.6. The molecule has 1 saturated heterocycles. The van der Waals surface area contributed by atoms with Gasteiger partial charge in [-0.05, 0) is 19.3 Å². The van der Waals surface area contributed by atoms with Gasteiger partial charge in [0, 0.05) is 0 Å². The molecule has 1 aliphatic heterocycles. The molecule has 0 spiro atoms. The third-order valence-electron chi connectivity index (χ3n) is 2.78. The van der Waals surface area contributed by atoms with E-state index in [0.29, 0.717) is 25.7 Å². The highest BCUT2D eigenvalue weighted by molar-refractivity contribution is 6.19. The van der Waals surface area contributed by atoms with Crippen LogP contribution in [0.4, 0.5) is 4.79 Å². The summed E-state index contributed by atoms with van der Waals surface area (Å²) in [5, 5.41) is 4.30. The lowest BCUT2D eigenvalue weighted by atomic mass is 9.76. The molecule has 2 N–H and O–H groups in total. The Morgan fingerprint density at radius 3 is 2.19 bits per heavy atom. The monoisotopic (exact) mass is 224 g/mol. The number of rotatable bonds is 5. The molecule has 1 rings (SSSR count). The molecule has 0 aliphatic carbocycles. The number of carbonyl (C=O) groups excluding carboxylic acids is 3. The molecular formula is C11H16N2O3. The minimum Gasteiger partial charge on any atom is -0.277 e. The van der Waals surface area contributed by atoms with E-state index in [1.54, 1.807) is 6.08 Å². The van der Waals surface area contributed by atoms with Crippen LogP contribution in [0.25, 0.3) is 0 Å². The molecule has 16 heavy (non-hydrogen) atoms. The summed E-state index contributed by atoms with van der Waals surface area (Å²) in [7, 11) is 0. The van der Waals surface area contributed by atoms with Crippen LogP contribution >= 0.6 is 0 Å². The zero-order chi connectivity index (χ0) is 12.2. The van der Waals surface area contributed by atoms with Gasteiger partial charge in [-0.3, -0.25) is 20.2 Å². The van der Waals surface area contributed by atoms with Crippen LogP contribution in [0.5, 0.6) is 0 Å². The largest absolute Gasteiger partial charge is 0.328 e. The Kier molecular flexibility index (Phi) is 3.82. The van der Waals surface area contributed by atoms with Gasteiger partial charge in [0.15, 0.2) is 0 Å². The molecule has 1 fully saturated rings. The summed E-state index contributed by atoms with van der Waals surface area (Å²) in [6.07, 6.45) is 3.75. The van der Waals surface area contributed by atoms with E-state index in [9.17, 15) is 14.4 Å². The fraction of sp³-hybridized carbons (Fsp3) is 0.545. The van der Waals surface area contributed by atoms with E-state index in [-0.39, 0.29) is 0 Å². The van der Waals surface area contributed by atoms with E-state index in [1.807, 2.05) is 6.92 Å². The van der Waals surface area contributed by atoms with E-state index in [0.717, 1.165) is 0 Å². The van der Waals surface area contributed by atoms with E-state index < -0.39 is 23.3 Å². The lowest BCUT2D eigenvalue weighted by Crippen LogP contribution is -2.62. The number of barbiturate groups is 1. The first-order chi connectivity index (χ1) is 7.56. The smallest absolute Gasteiger partial charge is 0.277 e. The van der Waals surface area contributed by atoms with Crippen molar-refractivity contribution in [3.05, 3.63) is 12.7 Å². The summed E-state index contributed by atoms with van der Waals surface area (Å²) in [5.74, 6) is -0.991. The van der Waals surface area contributed by atoms with E-state index in [1.165, 1.54) is 0 Å². The van der Waals surface area contributed by atoms with Crippen LogP contribution in [0, 0.1) is 5.41 Å². The Labute approximate surface area is 94.3 Å². The third kappa shape index (κ3) is 2.13. The molecule has 0 saturated carbocycles. The summed E-state index contributed by atoms with van der Waals surface area (Å²) in [6.45, 7) is 5.47. The molecule has 0 radical (unpaired) electrons. The van der Waals surface area contributed by atoms with Crippen molar-refractivity contribution in [2.75, 3.05) is 0 Å². The van der Waals surface area contributed by atoms with Crippen LogP contribution in [0.15, 0.2) is 12.7 Å². The standard InChI is InChI=1S/C11H16N2O3/c1-3-5-7-11(6-4-2)8(14)12-10(16)13-9(11)15/h3H,1,4-7H2,2H3,(H2,12,13,14,15,16). The molecule has 4 amide bonds. The number of hydrogen-bond donors (Lipinski definition) is 2. The van der Waals surface area contributed by atoms with Gasteiger partial charge in [0.2, 0.25) is 11.8 Å². The number of carbonyl (C=O) groups is 3. The number of imide groups is 2. The second kappa shape index (κ2) is 4.92. The molecule has 0 bridgehead atoms. The molecule has 1 aliphatic rings. The fourth-order valence-electron chi connectivity index (χ4n) is 1.93. The van der Waals surface area contributed by atoms with Gasteiger partial charge in [-0.15, -0.1) is 6.58 Å². The maximum Gasteiger partial charge on any atom is 0.328 e. The number of amides is 4. The molecule has 0 aromatic heterocycles. The second-order valence-corrected chi connectivity index (χ2v) is 3.90. The molecule has 1 heterocycles. The predicted molar refractivity (Wildman–Crippen MR) is 58.5 cm³/mol. The minimum atomic E-state index is -1.11. The highest BCUT2D eigenvalue weighted by Gasteiger charge is 2.48. The summed E-state index contributed by atoms with van der Waals surface area (Å²) >= 11 is 0. The van der Waals surface area contributed by atoms with Gasteiger partial charge in [-0.1, -0.05) is 19.4 Å². The molecule has 88 valence electrons. The summed E-state index contributed by atoms with van der Waals surface area (Å²) < 4.78 is 0. The Bertz CT molecular complexity index is 316. The van der Waals surface area contributed by atoms with Crippen molar-refractivity contribution >= 4 is 17.8 Å². The minimum absolute atomic E-state index is 0.384. The Hall–Kier alpha value is -1.65. The highest BCUT2D eigenvalue weighted by Crippen LogP contribution is 2.32. The van der Waals surface area contributed by atoms with E-state index in [4.69, 9.17) is 0 Å². The van der Waals surface area contributed by atoms with Crippen LogP contribution < -0.4 is 10.6 Å². The quantitative estimate of drug-likeness (QED) is 0.542. The molecule has 0 aromatic carbocycles. The molecule has 5 heteroatoms. The number of allylic oxidation sites excluding steroid dienone is 1. The van der Waals surface area contributed by atoms with Crippen molar-refractivity contribution in [3.63, 3.8) is 0 Å². The summed E-state index contributed by atoms with van der Waals surface area (Å²) in [6, 6.07) is -0.736. The summed E-state index contributed by atoms with van der Waals surface area (Å²) in [5.41, 5.74) is -1.11. The van der Waals surface area contributed by atoms with Gasteiger partial charge >= 0.3 is 6.03 Å². The molecular weight excluding hydrogens is 208 g/mol. The maximum absolute atomic E-state index is 11.8. The first-order valence-electron chi connectivity index (χ1n) is 5.34. The first-order valence-corrected chi connectivity index (χ1v) is 5.34. The van der Waals surface area contributed by atoms with Crippen molar-refractivity contribution < 1.29 is 14.4 Å². The number of nitrogens with one attached hydrogen (secondary N) is 2.